The number of carbonyl (C=O) groups is 1. The van der Waals surface area contributed by atoms with E-state index < -0.39 is 0 Å². The van der Waals surface area contributed by atoms with E-state index in [2.05, 4.69) is 16.0 Å². The zero-order chi connectivity index (χ0) is 13.9. The van der Waals surface area contributed by atoms with Crippen LogP contribution in [0.4, 0.5) is 4.79 Å². The maximum absolute atomic E-state index is 11.7. The van der Waals surface area contributed by atoms with E-state index in [0.29, 0.717) is 6.04 Å². The van der Waals surface area contributed by atoms with Gasteiger partial charge in [-0.15, -0.1) is 0 Å². The molecule has 0 saturated carbocycles. The maximum atomic E-state index is 11.7. The highest BCUT2D eigenvalue weighted by molar-refractivity contribution is 5.70. The molecule has 1 unspecified atom stereocenters. The zero-order valence-electron chi connectivity index (χ0n) is 11.9. The van der Waals surface area contributed by atoms with Gasteiger partial charge in [0, 0.05) is 38.1 Å². The molecule has 5 nitrogen and oxygen atoms in total. The Hall–Kier alpha value is -1.62. The summed E-state index contributed by atoms with van der Waals surface area (Å²) in [7, 11) is 0. The lowest BCUT2D eigenvalue weighted by atomic mass is 10.0. The number of rotatable bonds is 3. The van der Waals surface area contributed by atoms with Crippen molar-refractivity contribution in [1.29, 1.82) is 0 Å². The molecule has 1 atom stereocenters. The molecule has 0 aliphatic carbocycles. The molecule has 1 aromatic heterocycles. The number of amides is 1. The first-order chi connectivity index (χ1) is 9.72. The van der Waals surface area contributed by atoms with Gasteiger partial charge < -0.3 is 9.64 Å². The molecule has 1 amide bonds. The second kappa shape index (κ2) is 5.79. The Morgan fingerprint density at radius 1 is 1.40 bits per heavy atom. The van der Waals surface area contributed by atoms with Crippen molar-refractivity contribution in [3.63, 3.8) is 0 Å². The average Bonchev–Trinajstić information content (AvgIpc) is 2.80. The van der Waals surface area contributed by atoms with Crippen LogP contribution >= 0.6 is 0 Å². The summed E-state index contributed by atoms with van der Waals surface area (Å²) in [5.41, 5.74) is 1.25. The van der Waals surface area contributed by atoms with Crippen LogP contribution in [0, 0.1) is 0 Å². The minimum Gasteiger partial charge on any atom is -0.444 e. The van der Waals surface area contributed by atoms with Gasteiger partial charge in [-0.3, -0.25) is 9.88 Å². The number of nitrogens with zero attached hydrogens (tertiary/aromatic N) is 3. The van der Waals surface area contributed by atoms with Gasteiger partial charge in [0.25, 0.3) is 0 Å². The lowest BCUT2D eigenvalue weighted by Crippen LogP contribution is -2.45. The maximum Gasteiger partial charge on any atom is 0.410 e. The van der Waals surface area contributed by atoms with Gasteiger partial charge in [0.2, 0.25) is 0 Å². The first kappa shape index (κ1) is 13.4. The van der Waals surface area contributed by atoms with Crippen LogP contribution in [0.3, 0.4) is 0 Å². The van der Waals surface area contributed by atoms with Crippen LogP contribution in [-0.2, 0) is 11.3 Å². The number of ether oxygens (including phenoxy) is 1. The molecule has 20 heavy (non-hydrogen) atoms. The predicted octanol–water partition coefficient (Wildman–Crippen LogP) is 1.89. The Bertz CT molecular complexity index is 457. The molecular weight excluding hydrogens is 254 g/mol. The minimum absolute atomic E-state index is 0.0379. The van der Waals surface area contributed by atoms with Gasteiger partial charge in [-0.25, -0.2) is 4.79 Å². The molecule has 3 rings (SSSR count). The van der Waals surface area contributed by atoms with Crippen molar-refractivity contribution in [3.05, 3.63) is 30.1 Å². The summed E-state index contributed by atoms with van der Waals surface area (Å²) in [6, 6.07) is 4.43. The van der Waals surface area contributed by atoms with Gasteiger partial charge >= 0.3 is 6.09 Å². The highest BCUT2D eigenvalue weighted by Gasteiger charge is 2.35. The molecule has 2 aliphatic heterocycles. The number of aromatic nitrogens is 1. The van der Waals surface area contributed by atoms with Crippen molar-refractivity contribution in [2.75, 3.05) is 19.6 Å². The van der Waals surface area contributed by atoms with Crippen LogP contribution in [-0.4, -0.2) is 52.7 Å². The molecule has 1 aromatic rings. The number of pyridine rings is 1. The predicted molar refractivity (Wildman–Crippen MR) is 75.2 cm³/mol. The number of cyclic esters (lactones) is 1. The minimum atomic E-state index is -0.136. The highest BCUT2D eigenvalue weighted by atomic mass is 16.6. The summed E-state index contributed by atoms with van der Waals surface area (Å²) in [6.07, 6.45) is 5.69. The van der Waals surface area contributed by atoms with E-state index in [1.807, 2.05) is 24.1 Å². The van der Waals surface area contributed by atoms with E-state index in [4.69, 9.17) is 4.74 Å². The Kier molecular flexibility index (Phi) is 3.87. The van der Waals surface area contributed by atoms with Crippen LogP contribution in [0.5, 0.6) is 0 Å². The lowest BCUT2D eigenvalue weighted by molar-refractivity contribution is 0.111. The molecule has 2 saturated heterocycles. The summed E-state index contributed by atoms with van der Waals surface area (Å²) < 4.78 is 5.21. The van der Waals surface area contributed by atoms with Gasteiger partial charge in [-0.1, -0.05) is 6.07 Å². The molecule has 5 heteroatoms. The molecule has 0 bridgehead atoms. The first-order valence-corrected chi connectivity index (χ1v) is 7.31. The summed E-state index contributed by atoms with van der Waals surface area (Å²) in [4.78, 5) is 20.2. The van der Waals surface area contributed by atoms with Crippen LogP contribution in [0.1, 0.15) is 25.3 Å². The lowest BCUT2D eigenvalue weighted by Gasteiger charge is -2.35. The fraction of sp³-hybridized carbons (Fsp3) is 0.600. The fourth-order valence-electron chi connectivity index (χ4n) is 3.07. The number of carbonyl (C=O) groups excluding carboxylic acids is 1. The van der Waals surface area contributed by atoms with Crippen molar-refractivity contribution in [1.82, 2.24) is 14.8 Å². The smallest absolute Gasteiger partial charge is 0.410 e. The van der Waals surface area contributed by atoms with Gasteiger partial charge in [0.15, 0.2) is 0 Å². The molecular formula is C15H21N3O2. The van der Waals surface area contributed by atoms with Crippen LogP contribution < -0.4 is 0 Å². The normalized spacial score (nSPS) is 24.9. The summed E-state index contributed by atoms with van der Waals surface area (Å²) in [5, 5.41) is 0. The topological polar surface area (TPSA) is 45.7 Å². The molecule has 2 aliphatic rings. The number of hydrogen-bond donors (Lipinski definition) is 0. The Morgan fingerprint density at radius 3 is 2.80 bits per heavy atom. The third-order valence-corrected chi connectivity index (χ3v) is 4.12. The van der Waals surface area contributed by atoms with Crippen LogP contribution in [0.2, 0.25) is 0 Å². The van der Waals surface area contributed by atoms with Gasteiger partial charge in [-0.05, 0) is 31.4 Å². The van der Waals surface area contributed by atoms with Crippen molar-refractivity contribution < 1.29 is 9.53 Å². The Morgan fingerprint density at radius 2 is 2.20 bits per heavy atom. The Labute approximate surface area is 119 Å². The number of likely N-dealkylation sites (tertiary alicyclic amines) is 1. The van der Waals surface area contributed by atoms with E-state index >= 15 is 0 Å². The van der Waals surface area contributed by atoms with Crippen LogP contribution in [0.15, 0.2) is 24.5 Å². The summed E-state index contributed by atoms with van der Waals surface area (Å²) >= 11 is 0. The van der Waals surface area contributed by atoms with E-state index in [1.54, 1.807) is 6.20 Å². The second-order valence-corrected chi connectivity index (χ2v) is 5.72. The second-order valence-electron chi connectivity index (χ2n) is 5.72. The third kappa shape index (κ3) is 2.93. The quantitative estimate of drug-likeness (QED) is 0.845. The van der Waals surface area contributed by atoms with Crippen molar-refractivity contribution in [2.45, 2.75) is 38.5 Å². The third-order valence-electron chi connectivity index (χ3n) is 4.12. The first-order valence-electron chi connectivity index (χ1n) is 7.31. The van der Waals surface area contributed by atoms with Gasteiger partial charge in [0.1, 0.15) is 6.10 Å². The van der Waals surface area contributed by atoms with Crippen molar-refractivity contribution in [3.8, 4) is 0 Å². The van der Waals surface area contributed by atoms with Crippen LogP contribution in [0.25, 0.3) is 0 Å². The highest BCUT2D eigenvalue weighted by Crippen LogP contribution is 2.23. The largest absolute Gasteiger partial charge is 0.444 e. The number of hydrogen-bond acceptors (Lipinski definition) is 4. The van der Waals surface area contributed by atoms with E-state index in [9.17, 15) is 4.79 Å². The van der Waals surface area contributed by atoms with E-state index in [-0.39, 0.29) is 12.2 Å². The van der Waals surface area contributed by atoms with Gasteiger partial charge in [0.05, 0.1) is 6.54 Å². The van der Waals surface area contributed by atoms with E-state index in [1.165, 1.54) is 5.56 Å². The molecule has 0 aromatic carbocycles. The van der Waals surface area contributed by atoms with Crippen molar-refractivity contribution >= 4 is 6.09 Å². The molecule has 0 N–H and O–H groups in total. The Balaban J connectivity index is 1.51. The zero-order valence-corrected chi connectivity index (χ0v) is 11.9. The molecule has 2 fully saturated rings. The monoisotopic (exact) mass is 275 g/mol. The van der Waals surface area contributed by atoms with Crippen molar-refractivity contribution in [2.24, 2.45) is 0 Å². The molecule has 0 spiro atoms. The molecule has 3 heterocycles. The standard InChI is InChI=1S/C15H21N3O2/c1-12-10-18(15(19)20-12)14-4-7-17(8-5-14)11-13-3-2-6-16-9-13/h2-3,6,9,12,14H,4-5,7-8,10-11H2,1H3. The summed E-state index contributed by atoms with van der Waals surface area (Å²) in [6.45, 7) is 5.69. The SMILES string of the molecule is CC1CN(C2CCN(Cc3cccnc3)CC2)C(=O)O1. The van der Waals surface area contributed by atoms with E-state index in [0.717, 1.165) is 39.0 Å². The van der Waals surface area contributed by atoms with Gasteiger partial charge in [-0.2, -0.15) is 0 Å². The average molecular weight is 275 g/mol. The molecule has 108 valence electrons. The fourth-order valence-corrected chi connectivity index (χ4v) is 3.07. The summed E-state index contributed by atoms with van der Waals surface area (Å²) in [5.74, 6) is 0. The molecule has 0 radical (unpaired) electrons. The number of piperidine rings is 1.